The fourth-order valence-electron chi connectivity index (χ4n) is 2.84. The molecule has 0 radical (unpaired) electrons. The Morgan fingerprint density at radius 1 is 1.11 bits per heavy atom. The maximum Gasteiger partial charge on any atom is 0.0397 e. The monoisotopic (exact) mass is 310 g/mol. The van der Waals surface area contributed by atoms with E-state index >= 15 is 0 Å². The Hall–Kier alpha value is -0.380. The highest BCUT2D eigenvalue weighted by Gasteiger charge is 2.32. The number of hydrogen-bond acceptors (Lipinski definition) is 2. The molecule has 1 aromatic rings. The van der Waals surface area contributed by atoms with Crippen LogP contribution in [-0.4, -0.2) is 31.1 Å². The zero-order valence-electron chi connectivity index (χ0n) is 11.5. The predicted octanol–water partition coefficient (Wildman–Crippen LogP) is 3.44. The summed E-state index contributed by atoms with van der Waals surface area (Å²) in [6.07, 6.45) is 0. The highest BCUT2D eigenvalue weighted by molar-refractivity contribution is 9.10. The molecule has 2 rings (SSSR count). The second-order valence-corrected chi connectivity index (χ2v) is 7.02. The highest BCUT2D eigenvalue weighted by Crippen LogP contribution is 2.38. The van der Waals surface area contributed by atoms with Crippen molar-refractivity contribution >= 4 is 15.9 Å². The fourth-order valence-corrected chi connectivity index (χ4v) is 3.11. The second-order valence-electron chi connectivity index (χ2n) is 6.11. The molecular weight excluding hydrogens is 288 g/mol. The molecule has 1 saturated heterocycles. The summed E-state index contributed by atoms with van der Waals surface area (Å²) in [5.74, 6) is 0. The number of halogens is 1. The van der Waals surface area contributed by atoms with Gasteiger partial charge in [0.25, 0.3) is 0 Å². The van der Waals surface area contributed by atoms with Crippen LogP contribution in [0.3, 0.4) is 0 Å². The Morgan fingerprint density at radius 3 is 2.17 bits per heavy atom. The van der Waals surface area contributed by atoms with Crippen LogP contribution in [0.5, 0.6) is 0 Å². The summed E-state index contributed by atoms with van der Waals surface area (Å²) in [7, 11) is 0. The second kappa shape index (κ2) is 5.72. The Bertz CT molecular complexity index is 374. The molecule has 1 fully saturated rings. The molecule has 18 heavy (non-hydrogen) atoms. The lowest BCUT2D eigenvalue weighted by Gasteiger charge is -2.42. The van der Waals surface area contributed by atoms with Gasteiger partial charge in [0.2, 0.25) is 0 Å². The van der Waals surface area contributed by atoms with E-state index in [-0.39, 0.29) is 5.41 Å². The molecule has 0 saturated carbocycles. The van der Waals surface area contributed by atoms with Crippen molar-refractivity contribution in [1.29, 1.82) is 0 Å². The molecule has 0 amide bonds. The molecule has 1 aliphatic rings. The van der Waals surface area contributed by atoms with Gasteiger partial charge in [-0.2, -0.15) is 0 Å². The molecule has 3 heteroatoms. The van der Waals surface area contributed by atoms with E-state index in [1.165, 1.54) is 5.56 Å². The molecule has 0 spiro atoms. The van der Waals surface area contributed by atoms with Gasteiger partial charge in [-0.25, -0.2) is 0 Å². The third-order valence-corrected chi connectivity index (χ3v) is 4.05. The fraction of sp³-hybridized carbons (Fsp3) is 0.600. The van der Waals surface area contributed by atoms with Crippen LogP contribution in [0.4, 0.5) is 0 Å². The van der Waals surface area contributed by atoms with Gasteiger partial charge in [-0.15, -0.1) is 0 Å². The van der Waals surface area contributed by atoms with E-state index in [2.05, 4.69) is 71.2 Å². The molecule has 1 aromatic carbocycles. The zero-order chi connectivity index (χ0) is 13.2. The molecule has 0 unspecified atom stereocenters. The quantitative estimate of drug-likeness (QED) is 0.900. The van der Waals surface area contributed by atoms with Gasteiger partial charge in [0.1, 0.15) is 0 Å². The molecule has 0 aromatic heterocycles. The summed E-state index contributed by atoms with van der Waals surface area (Å²) in [5.41, 5.74) is 1.68. The molecule has 1 aliphatic heterocycles. The molecular formula is C15H23BrN2. The van der Waals surface area contributed by atoms with Gasteiger partial charge < -0.3 is 5.32 Å². The largest absolute Gasteiger partial charge is 0.314 e. The minimum atomic E-state index is 0.255. The van der Waals surface area contributed by atoms with Crippen molar-refractivity contribution in [2.45, 2.75) is 26.8 Å². The summed E-state index contributed by atoms with van der Waals surface area (Å²) >= 11 is 3.52. The van der Waals surface area contributed by atoms with Gasteiger partial charge in [0.15, 0.2) is 0 Å². The van der Waals surface area contributed by atoms with E-state index in [9.17, 15) is 0 Å². The van der Waals surface area contributed by atoms with Crippen molar-refractivity contribution in [3.63, 3.8) is 0 Å². The van der Waals surface area contributed by atoms with Gasteiger partial charge in [0.05, 0.1) is 0 Å². The average Bonchev–Trinajstić information content (AvgIpc) is 2.32. The molecule has 100 valence electrons. The van der Waals surface area contributed by atoms with Crippen LogP contribution in [-0.2, 0) is 0 Å². The summed E-state index contributed by atoms with van der Waals surface area (Å²) in [4.78, 5) is 2.61. The van der Waals surface area contributed by atoms with Crippen molar-refractivity contribution < 1.29 is 0 Å². The Morgan fingerprint density at radius 2 is 1.67 bits per heavy atom. The van der Waals surface area contributed by atoms with Crippen molar-refractivity contribution in [3.05, 3.63) is 34.3 Å². The first-order valence-electron chi connectivity index (χ1n) is 6.69. The van der Waals surface area contributed by atoms with E-state index in [4.69, 9.17) is 0 Å². The summed E-state index contributed by atoms with van der Waals surface area (Å²) in [5, 5.41) is 3.43. The van der Waals surface area contributed by atoms with Crippen molar-refractivity contribution in [2.75, 3.05) is 26.2 Å². The van der Waals surface area contributed by atoms with Crippen LogP contribution in [0.15, 0.2) is 28.7 Å². The number of nitrogens with one attached hydrogen (secondary N) is 1. The summed E-state index contributed by atoms with van der Waals surface area (Å²) in [6, 6.07) is 9.30. The van der Waals surface area contributed by atoms with Crippen molar-refractivity contribution in [1.82, 2.24) is 10.2 Å². The van der Waals surface area contributed by atoms with Crippen LogP contribution in [0.25, 0.3) is 0 Å². The number of rotatable bonds is 2. The molecule has 0 bridgehead atoms. The van der Waals surface area contributed by atoms with Crippen LogP contribution in [0.1, 0.15) is 32.4 Å². The lowest BCUT2D eigenvalue weighted by molar-refractivity contribution is 0.0862. The number of piperazine rings is 1. The number of benzene rings is 1. The Labute approximate surface area is 119 Å². The number of hydrogen-bond donors (Lipinski definition) is 1. The lowest BCUT2D eigenvalue weighted by Crippen LogP contribution is -2.48. The number of nitrogens with zero attached hydrogens (tertiary/aromatic N) is 1. The van der Waals surface area contributed by atoms with E-state index in [1.54, 1.807) is 0 Å². The standard InChI is InChI=1S/C15H23BrN2/c1-15(2,3)14(18-10-8-17-9-11-18)12-4-6-13(16)7-5-12/h4-7,14,17H,8-11H2,1-3H3/t14-/m1/s1. The first-order chi connectivity index (χ1) is 8.48. The summed E-state index contributed by atoms with van der Waals surface area (Å²) < 4.78 is 1.15. The van der Waals surface area contributed by atoms with Gasteiger partial charge in [0, 0.05) is 36.7 Å². The maximum absolute atomic E-state index is 3.52. The Balaban J connectivity index is 2.27. The zero-order valence-corrected chi connectivity index (χ0v) is 13.1. The van der Waals surface area contributed by atoms with Crippen LogP contribution in [0, 0.1) is 5.41 Å². The van der Waals surface area contributed by atoms with Crippen molar-refractivity contribution in [3.8, 4) is 0 Å². The minimum absolute atomic E-state index is 0.255. The van der Waals surface area contributed by atoms with E-state index in [1.807, 2.05) is 0 Å². The summed E-state index contributed by atoms with van der Waals surface area (Å²) in [6.45, 7) is 11.5. The molecule has 0 aliphatic carbocycles. The maximum atomic E-state index is 3.52. The van der Waals surface area contributed by atoms with Crippen LogP contribution >= 0.6 is 15.9 Å². The molecule has 1 N–H and O–H groups in total. The van der Waals surface area contributed by atoms with Gasteiger partial charge in [-0.1, -0.05) is 48.8 Å². The molecule has 1 heterocycles. The molecule has 2 nitrogen and oxygen atoms in total. The van der Waals surface area contributed by atoms with Gasteiger partial charge in [-0.05, 0) is 23.1 Å². The average molecular weight is 311 g/mol. The minimum Gasteiger partial charge on any atom is -0.314 e. The van der Waals surface area contributed by atoms with Gasteiger partial charge >= 0.3 is 0 Å². The first kappa shape index (κ1) is 14.0. The van der Waals surface area contributed by atoms with Gasteiger partial charge in [-0.3, -0.25) is 4.90 Å². The smallest absolute Gasteiger partial charge is 0.0397 e. The van der Waals surface area contributed by atoms with E-state index in [0.29, 0.717) is 6.04 Å². The topological polar surface area (TPSA) is 15.3 Å². The van der Waals surface area contributed by atoms with Crippen LogP contribution in [0.2, 0.25) is 0 Å². The van der Waals surface area contributed by atoms with Crippen molar-refractivity contribution in [2.24, 2.45) is 5.41 Å². The Kier molecular flexibility index (Phi) is 4.46. The normalized spacial score (nSPS) is 19.8. The SMILES string of the molecule is CC(C)(C)[C@@H](c1ccc(Br)cc1)N1CCNCC1. The van der Waals surface area contributed by atoms with Crippen LogP contribution < -0.4 is 5.32 Å². The first-order valence-corrected chi connectivity index (χ1v) is 7.48. The third kappa shape index (κ3) is 3.34. The lowest BCUT2D eigenvalue weighted by atomic mass is 9.81. The predicted molar refractivity (Wildman–Crippen MR) is 80.8 cm³/mol. The van der Waals surface area contributed by atoms with E-state index in [0.717, 1.165) is 30.7 Å². The highest BCUT2D eigenvalue weighted by atomic mass is 79.9. The van der Waals surface area contributed by atoms with E-state index < -0.39 is 0 Å². The third-order valence-electron chi connectivity index (χ3n) is 3.52. The molecule has 1 atom stereocenters.